The highest BCUT2D eigenvalue weighted by Gasteiger charge is 2.09. The van der Waals surface area contributed by atoms with Gasteiger partial charge >= 0.3 is 0 Å². The van der Waals surface area contributed by atoms with Crippen molar-refractivity contribution in [1.82, 2.24) is 9.97 Å². The molecule has 1 aromatic carbocycles. The molecule has 6 heteroatoms. The molecule has 96 valence electrons. The van der Waals surface area contributed by atoms with Gasteiger partial charge in [0.2, 0.25) is 0 Å². The second-order valence-corrected chi connectivity index (χ2v) is 3.85. The molecule has 1 heterocycles. The summed E-state index contributed by atoms with van der Waals surface area (Å²) >= 11 is 0. The summed E-state index contributed by atoms with van der Waals surface area (Å²) < 4.78 is 13.5. The van der Waals surface area contributed by atoms with Gasteiger partial charge in [0.25, 0.3) is 0 Å². The van der Waals surface area contributed by atoms with Gasteiger partial charge in [0.1, 0.15) is 34.9 Å². The molecule has 1 aromatic heterocycles. The second kappa shape index (κ2) is 5.31. The van der Waals surface area contributed by atoms with Crippen molar-refractivity contribution in [2.75, 3.05) is 11.1 Å². The van der Waals surface area contributed by atoms with E-state index in [0.717, 1.165) is 0 Å². The van der Waals surface area contributed by atoms with E-state index in [1.807, 2.05) is 13.0 Å². The average molecular weight is 257 g/mol. The van der Waals surface area contributed by atoms with Gasteiger partial charge in [0.15, 0.2) is 0 Å². The number of nitrogens with zero attached hydrogens (tertiary/aromatic N) is 3. The Morgan fingerprint density at radius 2 is 2.21 bits per heavy atom. The molecule has 0 amide bonds. The van der Waals surface area contributed by atoms with Crippen LogP contribution in [0.4, 0.5) is 21.7 Å². The molecule has 0 saturated heterocycles. The Hall–Kier alpha value is -2.68. The van der Waals surface area contributed by atoms with Gasteiger partial charge in [-0.3, -0.25) is 0 Å². The van der Waals surface area contributed by atoms with E-state index in [4.69, 9.17) is 11.0 Å². The average Bonchev–Trinajstić information content (AvgIpc) is 2.38. The fourth-order valence-electron chi connectivity index (χ4n) is 1.62. The molecule has 0 saturated carbocycles. The molecule has 0 spiro atoms. The molecular formula is C13H12FN5. The summed E-state index contributed by atoms with van der Waals surface area (Å²) in [5, 5.41) is 11.8. The quantitative estimate of drug-likeness (QED) is 0.881. The molecule has 0 aliphatic rings. The zero-order valence-corrected chi connectivity index (χ0v) is 10.3. The third-order valence-corrected chi connectivity index (χ3v) is 2.50. The first-order chi connectivity index (χ1) is 9.13. The maximum absolute atomic E-state index is 13.5. The summed E-state index contributed by atoms with van der Waals surface area (Å²) in [6.45, 7) is 1.90. The van der Waals surface area contributed by atoms with Crippen LogP contribution in [0.3, 0.4) is 0 Å². The molecule has 3 N–H and O–H groups in total. The molecular weight excluding hydrogens is 245 g/mol. The van der Waals surface area contributed by atoms with E-state index < -0.39 is 5.82 Å². The van der Waals surface area contributed by atoms with Crippen LogP contribution in [0, 0.1) is 17.1 Å². The van der Waals surface area contributed by atoms with E-state index in [-0.39, 0.29) is 5.56 Å². The lowest BCUT2D eigenvalue weighted by atomic mass is 10.2. The summed E-state index contributed by atoms with van der Waals surface area (Å²) in [4.78, 5) is 8.26. The van der Waals surface area contributed by atoms with Crippen LogP contribution in [0.2, 0.25) is 0 Å². The van der Waals surface area contributed by atoms with Gasteiger partial charge in [-0.05, 0) is 12.1 Å². The Bertz CT molecular complexity index is 648. The molecule has 0 aliphatic carbocycles. The van der Waals surface area contributed by atoms with Gasteiger partial charge in [-0.2, -0.15) is 5.26 Å². The Morgan fingerprint density at radius 3 is 2.89 bits per heavy atom. The lowest BCUT2D eigenvalue weighted by molar-refractivity contribution is 0.624. The fourth-order valence-corrected chi connectivity index (χ4v) is 1.62. The standard InChI is InChI=1S/C13H12FN5/c1-2-12-18-11(16)6-13(19-12)17-10-5-3-4-9(14)8(10)7-15/h3-6H,2H2,1H3,(H3,16,17,18,19). The summed E-state index contributed by atoms with van der Waals surface area (Å²) in [5.74, 6) is 0.762. The number of nitrogens with two attached hydrogens (primary N) is 1. The van der Waals surface area contributed by atoms with Crippen LogP contribution in [-0.2, 0) is 6.42 Å². The number of anilines is 3. The monoisotopic (exact) mass is 257 g/mol. The summed E-state index contributed by atoms with van der Waals surface area (Å²) in [6.07, 6.45) is 0.633. The fraction of sp³-hybridized carbons (Fsp3) is 0.154. The molecule has 0 radical (unpaired) electrons. The molecule has 2 rings (SSSR count). The number of halogens is 1. The largest absolute Gasteiger partial charge is 0.384 e. The van der Waals surface area contributed by atoms with E-state index in [9.17, 15) is 4.39 Å². The predicted octanol–water partition coefficient (Wildman–Crippen LogP) is 2.38. The van der Waals surface area contributed by atoms with Crippen molar-refractivity contribution in [2.45, 2.75) is 13.3 Å². The van der Waals surface area contributed by atoms with Crippen molar-refractivity contribution in [3.8, 4) is 6.07 Å². The van der Waals surface area contributed by atoms with Gasteiger partial charge in [-0.1, -0.05) is 13.0 Å². The van der Waals surface area contributed by atoms with E-state index in [0.29, 0.717) is 29.6 Å². The van der Waals surface area contributed by atoms with Crippen molar-refractivity contribution in [2.24, 2.45) is 0 Å². The van der Waals surface area contributed by atoms with Crippen molar-refractivity contribution in [3.63, 3.8) is 0 Å². The van der Waals surface area contributed by atoms with Crippen molar-refractivity contribution in [3.05, 3.63) is 41.5 Å². The summed E-state index contributed by atoms with van der Waals surface area (Å²) in [7, 11) is 0. The zero-order chi connectivity index (χ0) is 13.8. The molecule has 2 aromatic rings. The van der Waals surface area contributed by atoms with E-state index >= 15 is 0 Å². The Morgan fingerprint density at radius 1 is 1.42 bits per heavy atom. The van der Waals surface area contributed by atoms with E-state index in [2.05, 4.69) is 15.3 Å². The number of aromatic nitrogens is 2. The third-order valence-electron chi connectivity index (χ3n) is 2.50. The maximum atomic E-state index is 13.5. The van der Waals surface area contributed by atoms with Crippen molar-refractivity contribution in [1.29, 1.82) is 5.26 Å². The van der Waals surface area contributed by atoms with Crippen LogP contribution in [0.15, 0.2) is 24.3 Å². The van der Waals surface area contributed by atoms with Crippen molar-refractivity contribution < 1.29 is 4.39 Å². The van der Waals surface area contributed by atoms with Gasteiger partial charge in [0.05, 0.1) is 5.69 Å². The molecule has 0 aliphatic heterocycles. The zero-order valence-electron chi connectivity index (χ0n) is 10.3. The topological polar surface area (TPSA) is 87.6 Å². The molecule has 0 atom stereocenters. The van der Waals surface area contributed by atoms with Crippen LogP contribution < -0.4 is 11.1 Å². The van der Waals surface area contributed by atoms with Crippen LogP contribution >= 0.6 is 0 Å². The Labute approximate surface area is 109 Å². The number of aryl methyl sites for hydroxylation is 1. The van der Waals surface area contributed by atoms with Crippen LogP contribution in [0.1, 0.15) is 18.3 Å². The molecule has 0 bridgehead atoms. The first-order valence-corrected chi connectivity index (χ1v) is 5.73. The number of nitrogens with one attached hydrogen (secondary N) is 1. The highest BCUT2D eigenvalue weighted by molar-refractivity contribution is 5.65. The van der Waals surface area contributed by atoms with Gasteiger partial charge < -0.3 is 11.1 Å². The normalized spacial score (nSPS) is 9.95. The smallest absolute Gasteiger partial charge is 0.143 e. The minimum atomic E-state index is -0.578. The summed E-state index contributed by atoms with van der Waals surface area (Å²) in [6, 6.07) is 7.70. The van der Waals surface area contributed by atoms with Gasteiger partial charge in [-0.25, -0.2) is 14.4 Å². The molecule has 0 unspecified atom stereocenters. The number of nitrogen functional groups attached to an aromatic ring is 1. The van der Waals surface area contributed by atoms with E-state index in [1.54, 1.807) is 6.07 Å². The number of rotatable bonds is 3. The number of hydrogen-bond acceptors (Lipinski definition) is 5. The number of nitriles is 1. The molecule has 0 fully saturated rings. The minimum Gasteiger partial charge on any atom is -0.384 e. The highest BCUT2D eigenvalue weighted by atomic mass is 19.1. The predicted molar refractivity (Wildman–Crippen MR) is 70.2 cm³/mol. The van der Waals surface area contributed by atoms with Gasteiger partial charge in [0, 0.05) is 12.5 Å². The summed E-state index contributed by atoms with van der Waals surface area (Å²) in [5.41, 5.74) is 5.95. The first-order valence-electron chi connectivity index (χ1n) is 5.73. The van der Waals surface area contributed by atoms with Gasteiger partial charge in [-0.15, -0.1) is 0 Å². The Balaban J connectivity index is 2.39. The highest BCUT2D eigenvalue weighted by Crippen LogP contribution is 2.22. The van der Waals surface area contributed by atoms with E-state index in [1.165, 1.54) is 18.2 Å². The maximum Gasteiger partial charge on any atom is 0.143 e. The molecule has 19 heavy (non-hydrogen) atoms. The lowest BCUT2D eigenvalue weighted by Gasteiger charge is -2.09. The van der Waals surface area contributed by atoms with Crippen LogP contribution in [0.25, 0.3) is 0 Å². The third kappa shape index (κ3) is 2.77. The second-order valence-electron chi connectivity index (χ2n) is 3.85. The van der Waals surface area contributed by atoms with Crippen molar-refractivity contribution >= 4 is 17.3 Å². The SMILES string of the molecule is CCc1nc(N)cc(Nc2cccc(F)c2C#N)n1. The first kappa shape index (κ1) is 12.8. The molecule has 5 nitrogen and oxygen atoms in total. The Kier molecular flexibility index (Phi) is 3.57. The number of benzene rings is 1. The lowest BCUT2D eigenvalue weighted by Crippen LogP contribution is -2.04. The number of hydrogen-bond donors (Lipinski definition) is 2. The van der Waals surface area contributed by atoms with Crippen LogP contribution in [0.5, 0.6) is 0 Å². The van der Waals surface area contributed by atoms with Crippen LogP contribution in [-0.4, -0.2) is 9.97 Å². The minimum absolute atomic E-state index is 0.0577.